The number of carbonyl (C=O) groups is 2. The summed E-state index contributed by atoms with van der Waals surface area (Å²) < 4.78 is 44.0. The zero-order valence-corrected chi connectivity index (χ0v) is 18.2. The molecule has 2 heterocycles. The van der Waals surface area contributed by atoms with Gasteiger partial charge in [0, 0.05) is 19.5 Å². The second-order valence-corrected chi connectivity index (χ2v) is 8.21. The Balaban J connectivity index is 1.43. The van der Waals surface area contributed by atoms with Gasteiger partial charge in [-0.05, 0) is 55.2 Å². The Morgan fingerprint density at radius 1 is 1.21 bits per heavy atom. The van der Waals surface area contributed by atoms with Crippen LogP contribution in [0.2, 0.25) is 0 Å². The van der Waals surface area contributed by atoms with E-state index in [4.69, 9.17) is 10.5 Å². The lowest BCUT2D eigenvalue weighted by molar-refractivity contribution is -0.137. The van der Waals surface area contributed by atoms with Gasteiger partial charge in [0.1, 0.15) is 17.5 Å². The SMILES string of the molecule is NC(=O)c1cc(CNC2CCNC2=O)nc(C2=CCC(Oc3ccc(C(F)(F)F)cc3)CC2)n1. The highest BCUT2D eigenvalue weighted by Gasteiger charge is 2.30. The summed E-state index contributed by atoms with van der Waals surface area (Å²) in [5.74, 6) is 0.00463. The van der Waals surface area contributed by atoms with Crippen LogP contribution in [0.5, 0.6) is 5.75 Å². The fourth-order valence-corrected chi connectivity index (χ4v) is 3.91. The Labute approximate surface area is 193 Å². The van der Waals surface area contributed by atoms with Crippen molar-refractivity contribution in [3.8, 4) is 5.75 Å². The van der Waals surface area contributed by atoms with Gasteiger partial charge in [0.05, 0.1) is 17.3 Å². The van der Waals surface area contributed by atoms with E-state index in [2.05, 4.69) is 20.6 Å². The lowest BCUT2D eigenvalue weighted by atomic mass is 9.96. The molecule has 8 nitrogen and oxygen atoms in total. The summed E-state index contributed by atoms with van der Waals surface area (Å²) in [5.41, 5.74) is 6.18. The molecule has 180 valence electrons. The maximum Gasteiger partial charge on any atom is 0.416 e. The minimum Gasteiger partial charge on any atom is -0.490 e. The smallest absolute Gasteiger partial charge is 0.416 e. The Bertz CT molecular complexity index is 1100. The number of allylic oxidation sites excluding steroid dienone is 1. The summed E-state index contributed by atoms with van der Waals surface area (Å²) in [6.45, 7) is 0.890. The molecule has 2 atom stereocenters. The fourth-order valence-electron chi connectivity index (χ4n) is 3.91. The average Bonchev–Trinajstić information content (AvgIpc) is 3.22. The van der Waals surface area contributed by atoms with Crippen LogP contribution in [0.25, 0.3) is 5.57 Å². The van der Waals surface area contributed by atoms with Gasteiger partial charge in [-0.15, -0.1) is 0 Å². The number of alkyl halides is 3. The number of amides is 2. The number of nitrogens with one attached hydrogen (secondary N) is 2. The summed E-state index contributed by atoms with van der Waals surface area (Å²) in [7, 11) is 0. The first-order chi connectivity index (χ1) is 16.2. The van der Waals surface area contributed by atoms with Crippen LogP contribution in [0.3, 0.4) is 0 Å². The Morgan fingerprint density at radius 3 is 2.56 bits per heavy atom. The fraction of sp³-hybridized carbons (Fsp3) is 0.391. The first-order valence-electron chi connectivity index (χ1n) is 10.9. The van der Waals surface area contributed by atoms with Crippen LogP contribution in [0.15, 0.2) is 36.4 Å². The first-order valence-corrected chi connectivity index (χ1v) is 10.9. The molecule has 34 heavy (non-hydrogen) atoms. The highest BCUT2D eigenvalue weighted by Crippen LogP contribution is 2.32. The third-order valence-electron chi connectivity index (χ3n) is 5.74. The maximum absolute atomic E-state index is 12.7. The third kappa shape index (κ3) is 5.71. The Kier molecular flexibility index (Phi) is 6.82. The number of halogens is 3. The van der Waals surface area contributed by atoms with Crippen LogP contribution < -0.4 is 21.1 Å². The van der Waals surface area contributed by atoms with E-state index in [-0.39, 0.29) is 30.3 Å². The molecule has 4 rings (SSSR count). The van der Waals surface area contributed by atoms with Crippen molar-refractivity contribution in [1.82, 2.24) is 20.6 Å². The number of rotatable bonds is 7. The van der Waals surface area contributed by atoms with E-state index < -0.39 is 17.6 Å². The van der Waals surface area contributed by atoms with Gasteiger partial charge < -0.3 is 21.1 Å². The number of benzene rings is 1. The maximum atomic E-state index is 12.7. The van der Waals surface area contributed by atoms with Gasteiger partial charge in [-0.2, -0.15) is 13.2 Å². The van der Waals surface area contributed by atoms with Crippen molar-refractivity contribution in [3.63, 3.8) is 0 Å². The largest absolute Gasteiger partial charge is 0.490 e. The van der Waals surface area contributed by atoms with Gasteiger partial charge >= 0.3 is 6.18 Å². The predicted octanol–water partition coefficient (Wildman–Crippen LogP) is 2.59. The molecule has 0 bridgehead atoms. The molecule has 2 amide bonds. The summed E-state index contributed by atoms with van der Waals surface area (Å²) in [6.07, 6.45) is -0.348. The van der Waals surface area contributed by atoms with Crippen molar-refractivity contribution in [2.45, 2.75) is 50.6 Å². The lowest BCUT2D eigenvalue weighted by Gasteiger charge is -2.23. The molecule has 2 unspecified atom stereocenters. The minimum absolute atomic E-state index is 0.0709. The molecule has 11 heteroatoms. The van der Waals surface area contributed by atoms with Crippen LogP contribution in [0.1, 0.15) is 53.3 Å². The van der Waals surface area contributed by atoms with Gasteiger partial charge in [0.25, 0.3) is 5.91 Å². The summed E-state index contributed by atoms with van der Waals surface area (Å²) in [6, 6.07) is 5.80. The summed E-state index contributed by atoms with van der Waals surface area (Å²) >= 11 is 0. The van der Waals surface area contributed by atoms with Crippen molar-refractivity contribution < 1.29 is 27.5 Å². The van der Waals surface area contributed by atoms with Crippen molar-refractivity contribution in [2.24, 2.45) is 5.73 Å². The van der Waals surface area contributed by atoms with E-state index in [1.165, 1.54) is 18.2 Å². The predicted molar refractivity (Wildman–Crippen MR) is 116 cm³/mol. The lowest BCUT2D eigenvalue weighted by Crippen LogP contribution is -2.36. The Morgan fingerprint density at radius 2 is 1.97 bits per heavy atom. The normalized spacial score (nSPS) is 20.6. The molecule has 0 spiro atoms. The molecule has 1 aromatic carbocycles. The van der Waals surface area contributed by atoms with Gasteiger partial charge in [-0.1, -0.05) is 6.08 Å². The quantitative estimate of drug-likeness (QED) is 0.567. The molecule has 0 saturated carbocycles. The van der Waals surface area contributed by atoms with Crippen molar-refractivity contribution in [2.75, 3.05) is 6.54 Å². The van der Waals surface area contributed by atoms with Crippen molar-refractivity contribution in [3.05, 3.63) is 59.2 Å². The van der Waals surface area contributed by atoms with Crippen molar-refractivity contribution >= 4 is 17.4 Å². The van der Waals surface area contributed by atoms with Crippen LogP contribution in [-0.2, 0) is 17.5 Å². The Hall–Kier alpha value is -3.47. The van der Waals surface area contributed by atoms with Crippen LogP contribution in [-0.4, -0.2) is 40.5 Å². The number of hydrogen-bond donors (Lipinski definition) is 3. The highest BCUT2D eigenvalue weighted by atomic mass is 19.4. The number of hydrogen-bond acceptors (Lipinski definition) is 6. The third-order valence-corrected chi connectivity index (χ3v) is 5.74. The summed E-state index contributed by atoms with van der Waals surface area (Å²) in [5, 5.41) is 5.88. The minimum atomic E-state index is -4.39. The summed E-state index contributed by atoms with van der Waals surface area (Å²) in [4.78, 5) is 32.4. The van der Waals surface area contributed by atoms with Crippen LogP contribution in [0.4, 0.5) is 13.2 Å². The van der Waals surface area contributed by atoms with E-state index in [9.17, 15) is 22.8 Å². The van der Waals surface area contributed by atoms with Crippen LogP contribution in [0, 0.1) is 0 Å². The zero-order chi connectivity index (χ0) is 24.3. The molecule has 2 aromatic rings. The van der Waals surface area contributed by atoms with Gasteiger partial charge in [0.15, 0.2) is 5.82 Å². The average molecular weight is 475 g/mol. The zero-order valence-electron chi connectivity index (χ0n) is 18.2. The number of primary amides is 1. The topological polar surface area (TPSA) is 119 Å². The van der Waals surface area contributed by atoms with E-state index >= 15 is 0 Å². The monoisotopic (exact) mass is 475 g/mol. The molecule has 0 radical (unpaired) electrons. The van der Waals surface area contributed by atoms with Crippen LogP contribution >= 0.6 is 0 Å². The van der Waals surface area contributed by atoms with Gasteiger partial charge in [-0.25, -0.2) is 9.97 Å². The van der Waals surface area contributed by atoms with E-state index in [0.717, 1.165) is 17.7 Å². The molecular weight excluding hydrogens is 451 g/mol. The van der Waals surface area contributed by atoms with E-state index in [0.29, 0.717) is 49.5 Å². The molecule has 4 N–H and O–H groups in total. The number of nitrogens with two attached hydrogens (primary N) is 1. The molecule has 1 aliphatic carbocycles. The van der Waals surface area contributed by atoms with Crippen molar-refractivity contribution in [1.29, 1.82) is 0 Å². The molecule has 1 aromatic heterocycles. The molecule has 1 saturated heterocycles. The number of carbonyl (C=O) groups excluding carboxylic acids is 2. The second kappa shape index (κ2) is 9.80. The van der Waals surface area contributed by atoms with E-state index in [1.54, 1.807) is 0 Å². The molecular formula is C23H24F3N5O3. The standard InChI is InChI=1S/C23H24F3N5O3/c24-23(25,26)14-3-7-17(8-4-14)34-16-5-1-13(2-6-16)21-30-15(11-19(31-21)20(27)32)12-29-18-9-10-28-22(18)33/h1,3-4,7-8,11,16,18,29H,2,5-6,9-10,12H2,(H2,27,32)(H,28,33). The van der Waals surface area contributed by atoms with Gasteiger partial charge in [0.2, 0.25) is 5.91 Å². The first kappa shape index (κ1) is 23.7. The second-order valence-electron chi connectivity index (χ2n) is 8.21. The van der Waals surface area contributed by atoms with Gasteiger partial charge in [-0.3, -0.25) is 9.59 Å². The molecule has 1 fully saturated rings. The number of aromatic nitrogens is 2. The van der Waals surface area contributed by atoms with E-state index in [1.807, 2.05) is 6.08 Å². The molecule has 1 aliphatic heterocycles. The highest BCUT2D eigenvalue weighted by molar-refractivity contribution is 5.91. The number of nitrogens with zero attached hydrogens (tertiary/aromatic N) is 2. The molecule has 2 aliphatic rings. The number of ether oxygens (including phenoxy) is 1.